The molecule has 0 bridgehead atoms. The average Bonchev–Trinajstić information content (AvgIpc) is 3.22. The molecule has 0 amide bonds. The fourth-order valence-corrected chi connectivity index (χ4v) is 7.17. The fraction of sp³-hybridized carbons (Fsp3) is 1.00. The van der Waals surface area contributed by atoms with Gasteiger partial charge >= 0.3 is 0 Å². The molecule has 13 N–H and O–H groups in total. The molecular weight excluding hydrogens is 808 g/mol. The van der Waals surface area contributed by atoms with Crippen LogP contribution in [0.5, 0.6) is 0 Å². The number of aliphatic hydroxyl groups is 13. The highest BCUT2D eigenvalue weighted by Crippen LogP contribution is 2.31. The molecule has 25 heteroatoms. The van der Waals surface area contributed by atoms with E-state index in [0.29, 0.717) is 6.61 Å². The van der Waals surface area contributed by atoms with Gasteiger partial charge in [0, 0.05) is 6.61 Å². The van der Waals surface area contributed by atoms with Gasteiger partial charge in [0.1, 0.15) is 110 Å². The third-order valence-electron chi connectivity index (χ3n) is 11.0. The molecule has 0 spiro atoms. The van der Waals surface area contributed by atoms with Crippen molar-refractivity contribution in [1.29, 1.82) is 0 Å². The van der Waals surface area contributed by atoms with Crippen LogP contribution in [0.15, 0.2) is 0 Å². The van der Waals surface area contributed by atoms with Gasteiger partial charge in [0.05, 0.1) is 39.6 Å². The van der Waals surface area contributed by atoms with Crippen LogP contribution in [0, 0.1) is 0 Å². The summed E-state index contributed by atoms with van der Waals surface area (Å²) in [6, 6.07) is 0. The molecule has 0 radical (unpaired) electrons. The summed E-state index contributed by atoms with van der Waals surface area (Å²) in [6.45, 7) is -0.0492. The van der Waals surface area contributed by atoms with E-state index in [9.17, 15) is 66.4 Å². The Balaban J connectivity index is 0.922. The Morgan fingerprint density at radius 2 is 0.593 bits per heavy atom. The minimum absolute atomic E-state index is 0.217. The van der Waals surface area contributed by atoms with E-state index >= 15 is 0 Å². The van der Waals surface area contributed by atoms with Gasteiger partial charge < -0.3 is 123 Å². The van der Waals surface area contributed by atoms with E-state index in [-0.39, 0.29) is 13.2 Å². The molecule has 0 aliphatic carbocycles. The summed E-state index contributed by atoms with van der Waals surface area (Å²) in [5.41, 5.74) is 0. The highest BCUT2D eigenvalue weighted by atomic mass is 16.8. The Morgan fingerprint density at radius 3 is 0.898 bits per heavy atom. The lowest BCUT2D eigenvalue weighted by molar-refractivity contribution is -0.365. The maximum atomic E-state index is 10.9. The Bertz CT molecular complexity index is 1270. The Kier molecular flexibility index (Phi) is 17.0. The van der Waals surface area contributed by atoms with Crippen LogP contribution in [0.2, 0.25) is 0 Å². The van der Waals surface area contributed by atoms with E-state index in [2.05, 4.69) is 0 Å². The first-order chi connectivity index (χ1) is 28.1. The molecule has 6 fully saturated rings. The second kappa shape index (κ2) is 21.1. The van der Waals surface area contributed by atoms with Crippen LogP contribution in [0.1, 0.15) is 19.8 Å². The third-order valence-corrected chi connectivity index (χ3v) is 11.0. The summed E-state index contributed by atoms with van der Waals surface area (Å²) in [7, 11) is 0. The standard InChI is InChI=1S/C34H58O25/c1-2-3-4-48-29-24(43)18(37)12(6-50-29)56-31-26(45)20(39)14(8-52-31)58-33-28(47)22(41)16(10-54-33)59-34-27(46)21(40)15(9-53-34)57-32-25(44)19(38)13(7-51-32)55-30-23(42)17(36)11(35)5-49-30/h11-47H,2-10H2,1H3. The lowest BCUT2D eigenvalue weighted by Crippen LogP contribution is -2.63. The molecule has 0 saturated carbocycles. The fourth-order valence-electron chi connectivity index (χ4n) is 7.17. The molecule has 0 aromatic heterocycles. The monoisotopic (exact) mass is 866 g/mol. The van der Waals surface area contributed by atoms with Gasteiger partial charge in [-0.1, -0.05) is 13.3 Å². The summed E-state index contributed by atoms with van der Waals surface area (Å²) in [6.07, 6.45) is -35.1. The van der Waals surface area contributed by atoms with Crippen molar-refractivity contribution >= 4 is 0 Å². The van der Waals surface area contributed by atoms with Crippen LogP contribution < -0.4 is 0 Å². The van der Waals surface area contributed by atoms with E-state index in [1.165, 1.54) is 0 Å². The molecule has 6 aliphatic rings. The second-order valence-corrected chi connectivity index (χ2v) is 15.3. The maximum Gasteiger partial charge on any atom is 0.186 e. The van der Waals surface area contributed by atoms with E-state index < -0.39 is 174 Å². The van der Waals surface area contributed by atoms with Gasteiger partial charge in [-0.05, 0) is 6.42 Å². The predicted molar refractivity (Wildman–Crippen MR) is 182 cm³/mol. The van der Waals surface area contributed by atoms with Crippen LogP contribution in [0.3, 0.4) is 0 Å². The first-order valence-corrected chi connectivity index (χ1v) is 19.5. The number of aliphatic hydroxyl groups excluding tert-OH is 13. The summed E-state index contributed by atoms with van der Waals surface area (Å²) in [5, 5.41) is 137. The van der Waals surface area contributed by atoms with E-state index in [1.807, 2.05) is 6.92 Å². The van der Waals surface area contributed by atoms with Crippen molar-refractivity contribution in [3.8, 4) is 0 Å². The van der Waals surface area contributed by atoms with Gasteiger partial charge in [0.25, 0.3) is 0 Å². The molecule has 0 aromatic carbocycles. The summed E-state index contributed by atoms with van der Waals surface area (Å²) in [4.78, 5) is 0. The quantitative estimate of drug-likeness (QED) is 0.0721. The van der Waals surface area contributed by atoms with Crippen molar-refractivity contribution in [2.24, 2.45) is 0 Å². The molecule has 6 heterocycles. The van der Waals surface area contributed by atoms with Gasteiger partial charge in [-0.2, -0.15) is 0 Å². The number of ether oxygens (including phenoxy) is 12. The molecule has 25 nitrogen and oxygen atoms in total. The maximum absolute atomic E-state index is 10.9. The average molecular weight is 867 g/mol. The van der Waals surface area contributed by atoms with Crippen LogP contribution >= 0.6 is 0 Å². The van der Waals surface area contributed by atoms with Gasteiger partial charge in [-0.3, -0.25) is 0 Å². The van der Waals surface area contributed by atoms with E-state index in [4.69, 9.17) is 56.8 Å². The molecule has 6 rings (SSSR count). The van der Waals surface area contributed by atoms with Gasteiger partial charge in [-0.15, -0.1) is 0 Å². The SMILES string of the molecule is CCCCOC1OCC(OC2OCC(OC3OCC(OC4OCC(OC5OCC(OC6OCC(O)C(O)C6O)C(O)C5O)C(O)C4O)C(O)C3O)C(O)C2O)C(O)C1O. The molecule has 24 unspecified atom stereocenters. The van der Waals surface area contributed by atoms with Crippen molar-refractivity contribution in [2.45, 2.75) is 167 Å². The number of hydrogen-bond acceptors (Lipinski definition) is 25. The summed E-state index contributed by atoms with van der Waals surface area (Å²) >= 11 is 0. The zero-order chi connectivity index (χ0) is 42.7. The third kappa shape index (κ3) is 10.9. The largest absolute Gasteiger partial charge is 0.388 e. The van der Waals surface area contributed by atoms with Crippen molar-refractivity contribution in [2.75, 3.05) is 46.2 Å². The molecule has 0 aromatic rings. The molecule has 6 aliphatic heterocycles. The molecular formula is C34H58O25. The number of hydrogen-bond donors (Lipinski definition) is 13. The lowest BCUT2D eigenvalue weighted by atomic mass is 10.0. The van der Waals surface area contributed by atoms with Crippen LogP contribution in [-0.2, 0) is 56.8 Å². The van der Waals surface area contributed by atoms with Crippen LogP contribution in [0.25, 0.3) is 0 Å². The predicted octanol–water partition coefficient (Wildman–Crippen LogP) is -8.44. The van der Waals surface area contributed by atoms with Gasteiger partial charge in [0.2, 0.25) is 0 Å². The van der Waals surface area contributed by atoms with E-state index in [1.54, 1.807) is 0 Å². The highest BCUT2D eigenvalue weighted by molar-refractivity contribution is 4.93. The molecule has 24 atom stereocenters. The van der Waals surface area contributed by atoms with Crippen molar-refractivity contribution in [3.63, 3.8) is 0 Å². The number of unbranched alkanes of at least 4 members (excludes halogenated alkanes) is 1. The first-order valence-electron chi connectivity index (χ1n) is 19.5. The van der Waals surface area contributed by atoms with E-state index in [0.717, 1.165) is 12.8 Å². The number of rotatable bonds is 14. The normalized spacial score (nSPS) is 51.4. The zero-order valence-electron chi connectivity index (χ0n) is 31.9. The van der Waals surface area contributed by atoms with Crippen molar-refractivity contribution < 1.29 is 123 Å². The summed E-state index contributed by atoms with van der Waals surface area (Å²) < 4.78 is 66.0. The minimum atomic E-state index is -1.82. The molecule has 344 valence electrons. The summed E-state index contributed by atoms with van der Waals surface area (Å²) in [5.74, 6) is 0. The van der Waals surface area contributed by atoms with Crippen molar-refractivity contribution in [3.05, 3.63) is 0 Å². The lowest BCUT2D eigenvalue weighted by Gasteiger charge is -2.45. The minimum Gasteiger partial charge on any atom is -0.388 e. The van der Waals surface area contributed by atoms with Gasteiger partial charge in [0.15, 0.2) is 37.7 Å². The first kappa shape index (κ1) is 47.5. The highest BCUT2D eigenvalue weighted by Gasteiger charge is 2.51. The molecule has 6 saturated heterocycles. The Hall–Kier alpha value is -1.00. The zero-order valence-corrected chi connectivity index (χ0v) is 31.9. The topological polar surface area (TPSA) is 374 Å². The van der Waals surface area contributed by atoms with Crippen molar-refractivity contribution in [1.82, 2.24) is 0 Å². The van der Waals surface area contributed by atoms with Crippen LogP contribution in [0.4, 0.5) is 0 Å². The molecule has 59 heavy (non-hydrogen) atoms. The Labute approximate surface area is 336 Å². The smallest absolute Gasteiger partial charge is 0.186 e. The van der Waals surface area contributed by atoms with Crippen LogP contribution in [-0.4, -0.2) is 260 Å². The Morgan fingerprint density at radius 1 is 0.339 bits per heavy atom. The van der Waals surface area contributed by atoms with Gasteiger partial charge in [-0.25, -0.2) is 0 Å². The second-order valence-electron chi connectivity index (χ2n) is 15.3.